The Morgan fingerprint density at radius 3 is 2.54 bits per heavy atom. The number of carbonyl (C=O) groups is 1. The average molecular weight is 324 g/mol. The van der Waals surface area contributed by atoms with Gasteiger partial charge in [-0.1, -0.05) is 30.3 Å². The van der Waals surface area contributed by atoms with E-state index in [0.29, 0.717) is 12.2 Å². The van der Waals surface area contributed by atoms with Crippen molar-refractivity contribution in [2.75, 3.05) is 5.32 Å². The van der Waals surface area contributed by atoms with E-state index in [0.717, 1.165) is 5.56 Å². The molecular weight excluding hydrogens is 308 g/mol. The molecule has 3 rings (SSSR count). The number of amides is 1. The van der Waals surface area contributed by atoms with Gasteiger partial charge in [-0.2, -0.15) is 0 Å². The molecule has 6 nitrogen and oxygen atoms in total. The number of pyridine rings is 1. The highest BCUT2D eigenvalue weighted by Gasteiger charge is 2.13. The van der Waals surface area contributed by atoms with Crippen LogP contribution in [0.2, 0.25) is 0 Å². The predicted molar refractivity (Wildman–Crippen MR) is 91.3 cm³/mol. The van der Waals surface area contributed by atoms with Crippen molar-refractivity contribution in [2.24, 2.45) is 0 Å². The number of aromatic nitrogens is 1. The molecule has 0 aliphatic heterocycles. The van der Waals surface area contributed by atoms with Gasteiger partial charge in [0.25, 0.3) is 5.56 Å². The fourth-order valence-electron chi connectivity index (χ4n) is 2.57. The van der Waals surface area contributed by atoms with E-state index in [4.69, 9.17) is 4.42 Å². The maximum absolute atomic E-state index is 12.8. The van der Waals surface area contributed by atoms with Gasteiger partial charge >= 0.3 is 5.63 Å². The van der Waals surface area contributed by atoms with Gasteiger partial charge in [-0.3, -0.25) is 9.59 Å². The molecule has 0 unspecified atom stereocenters. The van der Waals surface area contributed by atoms with Crippen molar-refractivity contribution in [3.63, 3.8) is 0 Å². The zero-order valence-electron chi connectivity index (χ0n) is 13.3. The molecule has 122 valence electrons. The second-order valence-electron chi connectivity index (χ2n) is 5.57. The summed E-state index contributed by atoms with van der Waals surface area (Å²) in [7, 11) is 0. The van der Waals surface area contributed by atoms with E-state index in [9.17, 15) is 14.4 Å². The normalized spacial score (nSPS) is 10.8. The van der Waals surface area contributed by atoms with Crippen LogP contribution >= 0.6 is 0 Å². The van der Waals surface area contributed by atoms with Crippen LogP contribution in [-0.4, -0.2) is 10.5 Å². The van der Waals surface area contributed by atoms with E-state index in [2.05, 4.69) is 5.32 Å². The molecule has 1 amide bonds. The summed E-state index contributed by atoms with van der Waals surface area (Å²) in [6.45, 7) is 3.48. The monoisotopic (exact) mass is 324 g/mol. The summed E-state index contributed by atoms with van der Waals surface area (Å²) in [5.74, 6) is -0.404. The van der Waals surface area contributed by atoms with Gasteiger partial charge < -0.3 is 14.3 Å². The molecule has 0 saturated heterocycles. The van der Waals surface area contributed by atoms with Crippen LogP contribution < -0.4 is 16.5 Å². The zero-order valence-corrected chi connectivity index (χ0v) is 13.3. The molecule has 0 radical (unpaired) electrons. The van der Waals surface area contributed by atoms with Gasteiger partial charge in [-0.25, -0.2) is 4.79 Å². The smallest absolute Gasteiger partial charge is 0.360 e. The van der Waals surface area contributed by atoms with Crippen LogP contribution in [0.5, 0.6) is 0 Å². The second kappa shape index (κ2) is 6.16. The minimum Gasteiger partial charge on any atom is -0.421 e. The van der Waals surface area contributed by atoms with Crippen molar-refractivity contribution in [1.29, 1.82) is 0 Å². The quantitative estimate of drug-likeness (QED) is 0.801. The number of rotatable bonds is 3. The van der Waals surface area contributed by atoms with Crippen LogP contribution in [0, 0.1) is 6.92 Å². The number of anilines is 1. The Hall–Kier alpha value is -3.15. The fourth-order valence-corrected chi connectivity index (χ4v) is 2.57. The Bertz CT molecular complexity index is 1030. The molecule has 0 spiro atoms. The third-order valence-corrected chi connectivity index (χ3v) is 3.71. The molecule has 2 heterocycles. The van der Waals surface area contributed by atoms with E-state index < -0.39 is 11.5 Å². The van der Waals surface area contributed by atoms with Crippen LogP contribution in [0.1, 0.15) is 18.2 Å². The Morgan fingerprint density at radius 2 is 1.88 bits per heavy atom. The number of hydrogen-bond acceptors (Lipinski definition) is 4. The Labute approximate surface area is 137 Å². The lowest BCUT2D eigenvalue weighted by Crippen LogP contribution is -2.24. The van der Waals surface area contributed by atoms with Crippen molar-refractivity contribution < 1.29 is 9.21 Å². The lowest BCUT2D eigenvalue weighted by atomic mass is 10.2. The summed E-state index contributed by atoms with van der Waals surface area (Å²) in [6.07, 6.45) is 0. The lowest BCUT2D eigenvalue weighted by Gasteiger charge is -2.11. The molecule has 0 atom stereocenters. The Kier molecular flexibility index (Phi) is 4.04. The summed E-state index contributed by atoms with van der Waals surface area (Å²) in [5.41, 5.74) is 0.887. The topological polar surface area (TPSA) is 81.3 Å². The molecule has 0 bridgehead atoms. The minimum absolute atomic E-state index is 0.0396. The Morgan fingerprint density at radius 1 is 1.17 bits per heavy atom. The number of nitrogens with zero attached hydrogens (tertiary/aromatic N) is 1. The summed E-state index contributed by atoms with van der Waals surface area (Å²) in [4.78, 5) is 35.8. The van der Waals surface area contributed by atoms with Crippen LogP contribution in [-0.2, 0) is 11.3 Å². The molecule has 3 aromatic rings. The number of carbonyl (C=O) groups excluding carboxylic acids is 1. The van der Waals surface area contributed by atoms with Gasteiger partial charge in [0.1, 0.15) is 11.3 Å². The largest absolute Gasteiger partial charge is 0.421 e. The molecular formula is C18H16N2O4. The molecule has 1 N–H and O–H groups in total. The highest BCUT2D eigenvalue weighted by Crippen LogP contribution is 2.15. The van der Waals surface area contributed by atoms with Crippen LogP contribution in [0.15, 0.2) is 56.5 Å². The number of benzene rings is 1. The Balaban J connectivity index is 2.17. The summed E-state index contributed by atoms with van der Waals surface area (Å²) in [5, 5.41) is 2.63. The van der Waals surface area contributed by atoms with Gasteiger partial charge in [-0.15, -0.1) is 0 Å². The molecule has 0 aliphatic carbocycles. The number of nitrogens with one attached hydrogen (secondary N) is 1. The van der Waals surface area contributed by atoms with E-state index in [-0.39, 0.29) is 22.2 Å². The van der Waals surface area contributed by atoms with Crippen LogP contribution in [0.25, 0.3) is 11.0 Å². The van der Waals surface area contributed by atoms with Crippen molar-refractivity contribution in [3.05, 3.63) is 74.5 Å². The summed E-state index contributed by atoms with van der Waals surface area (Å²) in [6, 6.07) is 12.6. The van der Waals surface area contributed by atoms with Crippen molar-refractivity contribution in [3.8, 4) is 0 Å². The first-order chi connectivity index (χ1) is 11.5. The maximum Gasteiger partial charge on any atom is 0.360 e. The standard InChI is InChI=1S/C18H16N2O4/c1-11-8-16-14(9-15(18(23)24-16)19-12(2)21)17(22)20(11)10-13-6-4-3-5-7-13/h3-9H,10H2,1-2H3,(H,19,21). The number of aryl methyl sites for hydroxylation is 1. The fraction of sp³-hybridized carbons (Fsp3) is 0.167. The first-order valence-corrected chi connectivity index (χ1v) is 7.45. The van der Waals surface area contributed by atoms with Gasteiger partial charge in [0.05, 0.1) is 11.9 Å². The number of fused-ring (bicyclic) bond motifs is 1. The first-order valence-electron chi connectivity index (χ1n) is 7.45. The second-order valence-corrected chi connectivity index (χ2v) is 5.57. The van der Waals surface area contributed by atoms with E-state index in [1.807, 2.05) is 30.3 Å². The third-order valence-electron chi connectivity index (χ3n) is 3.71. The highest BCUT2D eigenvalue weighted by atomic mass is 16.4. The highest BCUT2D eigenvalue weighted by molar-refractivity contribution is 5.90. The third kappa shape index (κ3) is 2.99. The zero-order chi connectivity index (χ0) is 17.3. The van der Waals surface area contributed by atoms with Gasteiger partial charge in [0.2, 0.25) is 5.91 Å². The summed E-state index contributed by atoms with van der Waals surface area (Å²) < 4.78 is 6.78. The molecule has 0 aliphatic rings. The molecule has 24 heavy (non-hydrogen) atoms. The summed E-state index contributed by atoms with van der Waals surface area (Å²) >= 11 is 0. The van der Waals surface area contributed by atoms with E-state index in [1.165, 1.54) is 13.0 Å². The molecule has 2 aromatic heterocycles. The van der Waals surface area contributed by atoms with Gasteiger partial charge in [-0.05, 0) is 18.6 Å². The first kappa shape index (κ1) is 15.7. The molecule has 6 heteroatoms. The van der Waals surface area contributed by atoms with Gasteiger partial charge in [0.15, 0.2) is 0 Å². The van der Waals surface area contributed by atoms with Crippen molar-refractivity contribution in [1.82, 2.24) is 4.57 Å². The van der Waals surface area contributed by atoms with Crippen molar-refractivity contribution >= 4 is 22.6 Å². The lowest BCUT2D eigenvalue weighted by molar-refractivity contribution is -0.114. The minimum atomic E-state index is -0.683. The molecule has 1 aromatic carbocycles. The molecule has 0 saturated carbocycles. The number of hydrogen-bond donors (Lipinski definition) is 1. The SMILES string of the molecule is CC(=O)Nc1cc2c(=O)n(Cc3ccccc3)c(C)cc2oc1=O. The van der Waals surface area contributed by atoms with Crippen LogP contribution in [0.4, 0.5) is 5.69 Å². The van der Waals surface area contributed by atoms with E-state index >= 15 is 0 Å². The maximum atomic E-state index is 12.8. The van der Waals surface area contributed by atoms with Crippen LogP contribution in [0.3, 0.4) is 0 Å². The average Bonchev–Trinajstić information content (AvgIpc) is 2.54. The predicted octanol–water partition coefficient (Wildman–Crippen LogP) is 2.27. The van der Waals surface area contributed by atoms with E-state index in [1.54, 1.807) is 17.6 Å². The van der Waals surface area contributed by atoms with Gasteiger partial charge in [0, 0.05) is 18.7 Å². The van der Waals surface area contributed by atoms with Crippen molar-refractivity contribution in [2.45, 2.75) is 20.4 Å². The molecule has 0 fully saturated rings.